The normalized spacial score (nSPS) is 15.5. The molecular weight excluding hydrogens is 440 g/mol. The maximum atomic E-state index is 14.1. The molecule has 0 radical (unpaired) electrons. The minimum atomic E-state index is -0.538. The molecule has 1 N–H and O–H groups in total. The molecule has 35 heavy (non-hydrogen) atoms. The van der Waals surface area contributed by atoms with E-state index in [1.807, 2.05) is 18.2 Å². The summed E-state index contributed by atoms with van der Waals surface area (Å²) in [5.41, 5.74) is 7.88. The zero-order valence-electron chi connectivity index (χ0n) is 19.8. The van der Waals surface area contributed by atoms with E-state index in [2.05, 4.69) is 41.1 Å². The Balaban J connectivity index is 1.31. The van der Waals surface area contributed by atoms with Gasteiger partial charge in [0.1, 0.15) is 11.6 Å². The Morgan fingerprint density at radius 2 is 1.89 bits per heavy atom. The van der Waals surface area contributed by atoms with Crippen molar-refractivity contribution in [3.05, 3.63) is 101 Å². The fourth-order valence-corrected chi connectivity index (χ4v) is 5.49. The predicted octanol–water partition coefficient (Wildman–Crippen LogP) is 6.87. The topological polar surface area (TPSA) is 39.1 Å². The van der Waals surface area contributed by atoms with Gasteiger partial charge in [0.15, 0.2) is 0 Å². The smallest absolute Gasteiger partial charge is 0.129 e. The van der Waals surface area contributed by atoms with Crippen LogP contribution in [-0.4, -0.2) is 13.1 Å². The molecule has 178 valence electrons. The zero-order valence-corrected chi connectivity index (χ0v) is 19.8. The van der Waals surface area contributed by atoms with Gasteiger partial charge in [0.2, 0.25) is 0 Å². The second-order valence-corrected chi connectivity index (χ2v) is 9.61. The van der Waals surface area contributed by atoms with Gasteiger partial charge < -0.3 is 10.2 Å². The first kappa shape index (κ1) is 23.1. The van der Waals surface area contributed by atoms with Crippen LogP contribution in [0.5, 0.6) is 0 Å². The number of nitrogens with one attached hydrogen (secondary N) is 1. The number of rotatable bonds is 6. The molecule has 0 unspecified atom stereocenters. The summed E-state index contributed by atoms with van der Waals surface area (Å²) in [6, 6.07) is 18.3. The molecule has 3 aromatic carbocycles. The van der Waals surface area contributed by atoms with E-state index in [1.54, 1.807) is 6.07 Å². The number of benzene rings is 3. The number of anilines is 2. The lowest BCUT2D eigenvalue weighted by Crippen LogP contribution is -2.34. The van der Waals surface area contributed by atoms with Gasteiger partial charge in [0, 0.05) is 30.4 Å². The Kier molecular flexibility index (Phi) is 6.55. The summed E-state index contributed by atoms with van der Waals surface area (Å²) < 4.78 is 27.4. The van der Waals surface area contributed by atoms with Crippen LogP contribution in [0.3, 0.4) is 0 Å². The highest BCUT2D eigenvalue weighted by atomic mass is 19.1. The maximum absolute atomic E-state index is 14.1. The molecule has 1 fully saturated rings. The largest absolute Gasteiger partial charge is 0.370 e. The molecule has 1 aliphatic heterocycles. The first-order valence-electron chi connectivity index (χ1n) is 12.3. The molecule has 0 atom stereocenters. The molecule has 5 rings (SSSR count). The first-order valence-corrected chi connectivity index (χ1v) is 12.3. The highest BCUT2D eigenvalue weighted by Gasteiger charge is 2.23. The number of hydrogen-bond acceptors (Lipinski definition) is 3. The second kappa shape index (κ2) is 9.92. The number of aryl methyl sites for hydroxylation is 1. The Morgan fingerprint density at radius 3 is 2.66 bits per heavy atom. The van der Waals surface area contributed by atoms with Gasteiger partial charge >= 0.3 is 0 Å². The lowest BCUT2D eigenvalue weighted by molar-refractivity contribution is 0.397. The molecule has 0 bridgehead atoms. The number of piperidine rings is 1. The summed E-state index contributed by atoms with van der Waals surface area (Å²) in [6.07, 6.45) is 5.81. The van der Waals surface area contributed by atoms with E-state index in [9.17, 15) is 14.0 Å². The Bertz CT molecular complexity index is 1300. The zero-order chi connectivity index (χ0) is 24.4. The van der Waals surface area contributed by atoms with Gasteiger partial charge in [-0.2, -0.15) is 5.26 Å². The van der Waals surface area contributed by atoms with Crippen molar-refractivity contribution in [1.82, 2.24) is 0 Å². The minimum Gasteiger partial charge on any atom is -0.370 e. The Morgan fingerprint density at radius 1 is 1.06 bits per heavy atom. The molecule has 3 nitrogen and oxygen atoms in total. The van der Waals surface area contributed by atoms with Crippen LogP contribution < -0.4 is 10.2 Å². The molecular formula is C30H29F2N3. The molecule has 3 aromatic rings. The molecule has 0 aromatic heterocycles. The fraction of sp³-hybridized carbons (Fsp3) is 0.300. The first-order chi connectivity index (χ1) is 17.0. The van der Waals surface area contributed by atoms with Crippen LogP contribution in [0.1, 0.15) is 47.1 Å². The van der Waals surface area contributed by atoms with Crippen LogP contribution in [0, 0.1) is 28.9 Å². The number of nitrogens with zero attached hydrogens (tertiary/aromatic N) is 2. The van der Waals surface area contributed by atoms with Crippen molar-refractivity contribution in [2.75, 3.05) is 23.3 Å². The molecule has 1 heterocycles. The standard InChI is InChI=1S/C30H29F2N3/c1-20(26-6-2-4-23-5-3-7-27(23)26)34-29-17-22(19-33)8-11-30(29)35-14-12-21(13-15-35)16-24-9-10-25(31)18-28(24)32/h2,4,6,8-11,17-18,21,34H,1,3,5,7,12-16H2. The van der Waals surface area contributed by atoms with Crippen LogP contribution in [0.2, 0.25) is 0 Å². The molecule has 1 aliphatic carbocycles. The van der Waals surface area contributed by atoms with Crippen molar-refractivity contribution < 1.29 is 8.78 Å². The van der Waals surface area contributed by atoms with E-state index in [-0.39, 0.29) is 0 Å². The lowest BCUT2D eigenvalue weighted by Gasteiger charge is -2.35. The van der Waals surface area contributed by atoms with Gasteiger partial charge in [-0.05, 0) is 85.4 Å². The van der Waals surface area contributed by atoms with Crippen LogP contribution in [0.4, 0.5) is 20.2 Å². The van der Waals surface area contributed by atoms with Crippen molar-refractivity contribution in [3.63, 3.8) is 0 Å². The van der Waals surface area contributed by atoms with E-state index < -0.39 is 11.6 Å². The predicted molar refractivity (Wildman–Crippen MR) is 137 cm³/mol. The number of halogens is 2. The molecule has 2 aliphatic rings. The van der Waals surface area contributed by atoms with Crippen LogP contribution in [0.15, 0.2) is 61.2 Å². The summed E-state index contributed by atoms with van der Waals surface area (Å²) in [4.78, 5) is 2.32. The summed E-state index contributed by atoms with van der Waals surface area (Å²) in [7, 11) is 0. The van der Waals surface area contributed by atoms with E-state index in [1.165, 1.54) is 23.6 Å². The van der Waals surface area contributed by atoms with Crippen LogP contribution >= 0.6 is 0 Å². The Labute approximate surface area is 205 Å². The SMILES string of the molecule is C=C(Nc1cc(C#N)ccc1N1CCC(Cc2ccc(F)cc2F)CC1)c1cccc2c1CCC2. The van der Waals surface area contributed by atoms with E-state index in [0.717, 1.165) is 67.5 Å². The Hall–Kier alpha value is -3.65. The third-order valence-electron chi connectivity index (χ3n) is 7.36. The number of nitriles is 1. The van der Waals surface area contributed by atoms with Gasteiger partial charge in [0.25, 0.3) is 0 Å². The highest BCUT2D eigenvalue weighted by molar-refractivity contribution is 5.84. The summed E-state index contributed by atoms with van der Waals surface area (Å²) in [6.45, 7) is 6.01. The third kappa shape index (κ3) is 4.93. The monoisotopic (exact) mass is 469 g/mol. The number of hydrogen-bond donors (Lipinski definition) is 1. The average Bonchev–Trinajstić information content (AvgIpc) is 3.35. The molecule has 1 saturated heterocycles. The van der Waals surface area contributed by atoms with Crippen molar-refractivity contribution in [1.29, 1.82) is 5.26 Å². The fourth-order valence-electron chi connectivity index (χ4n) is 5.49. The molecule has 0 amide bonds. The lowest BCUT2D eigenvalue weighted by atomic mass is 9.89. The van der Waals surface area contributed by atoms with Crippen molar-refractivity contribution in [2.45, 2.75) is 38.5 Å². The second-order valence-electron chi connectivity index (χ2n) is 9.61. The molecule has 0 spiro atoms. The van der Waals surface area contributed by atoms with Gasteiger partial charge in [-0.3, -0.25) is 0 Å². The van der Waals surface area contributed by atoms with E-state index in [0.29, 0.717) is 23.5 Å². The molecule has 5 heteroatoms. The van der Waals surface area contributed by atoms with Gasteiger partial charge in [-0.25, -0.2) is 8.78 Å². The third-order valence-corrected chi connectivity index (χ3v) is 7.36. The van der Waals surface area contributed by atoms with Crippen molar-refractivity contribution >= 4 is 17.1 Å². The highest BCUT2D eigenvalue weighted by Crippen LogP contribution is 2.35. The van der Waals surface area contributed by atoms with Crippen molar-refractivity contribution in [3.8, 4) is 6.07 Å². The van der Waals surface area contributed by atoms with Crippen molar-refractivity contribution in [2.24, 2.45) is 5.92 Å². The van der Waals surface area contributed by atoms with Gasteiger partial charge in [0.05, 0.1) is 23.0 Å². The number of fused-ring (bicyclic) bond motifs is 1. The maximum Gasteiger partial charge on any atom is 0.129 e. The van der Waals surface area contributed by atoms with Crippen LogP contribution in [0.25, 0.3) is 5.70 Å². The minimum absolute atomic E-state index is 0.350. The quantitative estimate of drug-likeness (QED) is 0.428. The van der Waals surface area contributed by atoms with Crippen LogP contribution in [-0.2, 0) is 19.3 Å². The average molecular weight is 470 g/mol. The summed E-state index contributed by atoms with van der Waals surface area (Å²) in [5, 5.41) is 13.0. The van der Waals surface area contributed by atoms with E-state index >= 15 is 0 Å². The summed E-state index contributed by atoms with van der Waals surface area (Å²) >= 11 is 0. The van der Waals surface area contributed by atoms with E-state index in [4.69, 9.17) is 0 Å². The summed E-state index contributed by atoms with van der Waals surface area (Å²) in [5.74, 6) is -0.649. The molecule has 0 saturated carbocycles. The van der Waals surface area contributed by atoms with Gasteiger partial charge in [-0.1, -0.05) is 30.8 Å². The van der Waals surface area contributed by atoms with Gasteiger partial charge in [-0.15, -0.1) is 0 Å².